The van der Waals surface area contributed by atoms with Crippen LogP contribution in [0.1, 0.15) is 25.7 Å². The molecule has 0 saturated heterocycles. The van der Waals surface area contributed by atoms with Gasteiger partial charge in [0.2, 0.25) is 5.91 Å². The smallest absolute Gasteiger partial charge is 0.252 e. The van der Waals surface area contributed by atoms with Crippen molar-refractivity contribution < 1.29 is 23.5 Å². The average molecular weight is 395 g/mol. The molecule has 2 amide bonds. The summed E-state index contributed by atoms with van der Waals surface area (Å²) in [4.78, 5) is 24.0. The van der Waals surface area contributed by atoms with Crippen LogP contribution in [0.25, 0.3) is 0 Å². The molecule has 6 nitrogen and oxygen atoms in total. The fraction of sp³-hybridized carbons (Fsp3) is 0.368. The van der Waals surface area contributed by atoms with Crippen LogP contribution < -0.4 is 15.8 Å². The molecule has 0 atom stereocenters. The number of amides is 2. The van der Waals surface area contributed by atoms with Crippen molar-refractivity contribution in [1.82, 2.24) is 0 Å². The van der Waals surface area contributed by atoms with Gasteiger partial charge >= 0.3 is 0 Å². The summed E-state index contributed by atoms with van der Waals surface area (Å²) in [5.41, 5.74) is 5.81. The molecule has 27 heavy (non-hydrogen) atoms. The Morgan fingerprint density at radius 2 is 1.89 bits per heavy atom. The molecule has 0 fully saturated rings. The van der Waals surface area contributed by atoms with E-state index < -0.39 is 17.6 Å². The van der Waals surface area contributed by atoms with Gasteiger partial charge in [-0.15, -0.1) is 0 Å². The minimum Gasteiger partial charge on any atom is -0.479 e. The summed E-state index contributed by atoms with van der Waals surface area (Å²) in [5.74, 6) is 3.68. The second-order valence-corrected chi connectivity index (χ2v) is 6.23. The zero-order chi connectivity index (χ0) is 19.8. The zero-order valence-corrected chi connectivity index (χ0v) is 15.6. The van der Waals surface area contributed by atoms with Crippen molar-refractivity contribution in [3.8, 4) is 17.6 Å². The van der Waals surface area contributed by atoms with Gasteiger partial charge < -0.3 is 20.5 Å². The normalized spacial score (nSPS) is 13.6. The van der Waals surface area contributed by atoms with E-state index in [1.165, 1.54) is 13.2 Å². The highest BCUT2D eigenvalue weighted by atomic mass is 35.5. The highest BCUT2D eigenvalue weighted by Crippen LogP contribution is 2.32. The Morgan fingerprint density at radius 3 is 2.56 bits per heavy atom. The molecule has 0 radical (unpaired) electrons. The van der Waals surface area contributed by atoms with E-state index in [1.807, 2.05) is 0 Å². The lowest BCUT2D eigenvalue weighted by Gasteiger charge is -2.18. The molecule has 1 aliphatic rings. The van der Waals surface area contributed by atoms with Crippen LogP contribution in [0.3, 0.4) is 0 Å². The number of nitrogens with two attached hydrogens (primary N) is 1. The molecule has 0 bridgehead atoms. The molecule has 2 rings (SSSR count). The monoisotopic (exact) mass is 394 g/mol. The van der Waals surface area contributed by atoms with Crippen LogP contribution in [-0.4, -0.2) is 32.1 Å². The maximum absolute atomic E-state index is 14.2. The molecule has 0 unspecified atom stereocenters. The first kappa shape index (κ1) is 20.7. The summed E-state index contributed by atoms with van der Waals surface area (Å²) in [6.07, 6.45) is 2.40. The first-order chi connectivity index (χ1) is 12.9. The van der Waals surface area contributed by atoms with Crippen molar-refractivity contribution in [2.24, 2.45) is 5.73 Å². The van der Waals surface area contributed by atoms with Crippen molar-refractivity contribution in [3.63, 3.8) is 0 Å². The van der Waals surface area contributed by atoms with Crippen molar-refractivity contribution >= 4 is 29.1 Å². The number of ether oxygens (including phenoxy) is 2. The number of benzene rings is 1. The predicted octanol–water partition coefficient (Wildman–Crippen LogP) is 2.80. The van der Waals surface area contributed by atoms with Gasteiger partial charge in [-0.3, -0.25) is 9.59 Å². The van der Waals surface area contributed by atoms with Crippen LogP contribution in [0, 0.1) is 17.7 Å². The molecule has 0 spiro atoms. The fourth-order valence-corrected chi connectivity index (χ4v) is 2.85. The fourth-order valence-electron chi connectivity index (χ4n) is 2.65. The van der Waals surface area contributed by atoms with E-state index in [4.69, 9.17) is 26.8 Å². The Balaban J connectivity index is 2.18. The Morgan fingerprint density at radius 1 is 1.22 bits per heavy atom. The first-order valence-electron chi connectivity index (χ1n) is 8.33. The Bertz CT molecular complexity index is 827. The molecule has 0 aromatic heterocycles. The molecule has 0 heterocycles. The number of hydrogen-bond acceptors (Lipinski definition) is 4. The van der Waals surface area contributed by atoms with Crippen LogP contribution in [0.5, 0.6) is 5.75 Å². The number of nitrogens with one attached hydrogen (secondary N) is 1. The quantitative estimate of drug-likeness (QED) is 0.726. The zero-order valence-electron chi connectivity index (χ0n) is 14.9. The lowest BCUT2D eigenvalue weighted by Crippen LogP contribution is -2.25. The minimum absolute atomic E-state index is 0.0269. The summed E-state index contributed by atoms with van der Waals surface area (Å²) in [6.45, 7) is 0.290. The Labute approximate surface area is 161 Å². The molecule has 8 heteroatoms. The van der Waals surface area contributed by atoms with E-state index in [0.717, 1.165) is 18.9 Å². The van der Waals surface area contributed by atoms with Gasteiger partial charge in [0.05, 0.1) is 10.7 Å². The average Bonchev–Trinajstić information content (AvgIpc) is 2.64. The second kappa shape index (κ2) is 9.95. The summed E-state index contributed by atoms with van der Waals surface area (Å²) in [5, 5.41) is 2.52. The van der Waals surface area contributed by atoms with Crippen molar-refractivity contribution in [2.45, 2.75) is 25.7 Å². The van der Waals surface area contributed by atoms with Gasteiger partial charge in [0.25, 0.3) is 5.91 Å². The van der Waals surface area contributed by atoms with E-state index in [1.54, 1.807) is 0 Å². The van der Waals surface area contributed by atoms with E-state index in [2.05, 4.69) is 17.2 Å². The largest absolute Gasteiger partial charge is 0.479 e. The summed E-state index contributed by atoms with van der Waals surface area (Å²) in [6, 6.07) is 2.32. The van der Waals surface area contributed by atoms with Crippen LogP contribution in [-0.2, 0) is 14.3 Å². The van der Waals surface area contributed by atoms with Gasteiger partial charge in [-0.1, -0.05) is 23.4 Å². The first-order valence-corrected chi connectivity index (χ1v) is 8.71. The highest BCUT2D eigenvalue weighted by Gasteiger charge is 2.23. The van der Waals surface area contributed by atoms with E-state index in [0.29, 0.717) is 12.8 Å². The standard InChI is InChI=1S/C19H20ClFN2O4/c1-26-8-4-5-9-27-17-11-16(15(21)10-14(17)20)23-19(25)13-7-3-2-6-12(13)18(22)24/h10-11H,2-3,6-9H2,1H3,(H2,22,24)(H,23,25). The van der Waals surface area contributed by atoms with Crippen LogP contribution in [0.2, 0.25) is 5.02 Å². The molecule has 1 aromatic carbocycles. The third kappa shape index (κ3) is 5.71. The number of halogens is 2. The summed E-state index contributed by atoms with van der Waals surface area (Å²) < 4.78 is 24.4. The van der Waals surface area contributed by atoms with Crippen LogP contribution in [0.15, 0.2) is 23.3 Å². The Kier molecular flexibility index (Phi) is 7.65. The minimum atomic E-state index is -0.719. The highest BCUT2D eigenvalue weighted by molar-refractivity contribution is 6.32. The second-order valence-electron chi connectivity index (χ2n) is 5.82. The molecular weight excluding hydrogens is 375 g/mol. The molecule has 1 aromatic rings. The lowest BCUT2D eigenvalue weighted by atomic mass is 9.90. The van der Waals surface area contributed by atoms with Crippen LogP contribution >= 0.6 is 11.6 Å². The summed E-state index contributed by atoms with van der Waals surface area (Å²) in [7, 11) is 1.52. The van der Waals surface area contributed by atoms with Crippen molar-refractivity contribution in [2.75, 3.05) is 25.6 Å². The summed E-state index contributed by atoms with van der Waals surface area (Å²) >= 11 is 5.97. The molecule has 1 aliphatic carbocycles. The molecule has 3 N–H and O–H groups in total. The Hall–Kier alpha value is -2.56. The number of methoxy groups -OCH3 is 1. The van der Waals surface area contributed by atoms with Gasteiger partial charge in [-0.05, 0) is 31.7 Å². The number of primary amides is 1. The van der Waals surface area contributed by atoms with E-state index in [-0.39, 0.29) is 40.8 Å². The maximum Gasteiger partial charge on any atom is 0.252 e. The van der Waals surface area contributed by atoms with Gasteiger partial charge in [0, 0.05) is 24.3 Å². The molecular formula is C19H20ClFN2O4. The van der Waals surface area contributed by atoms with Gasteiger partial charge in [-0.2, -0.15) is 0 Å². The number of anilines is 1. The molecule has 0 saturated carbocycles. The van der Waals surface area contributed by atoms with Gasteiger partial charge in [-0.25, -0.2) is 4.39 Å². The number of rotatable bonds is 6. The topological polar surface area (TPSA) is 90.7 Å². The molecule has 0 aliphatic heterocycles. The van der Waals surface area contributed by atoms with Gasteiger partial charge in [0.1, 0.15) is 24.8 Å². The van der Waals surface area contributed by atoms with Gasteiger partial charge in [0.15, 0.2) is 0 Å². The third-order valence-electron chi connectivity index (χ3n) is 3.95. The number of hydrogen-bond donors (Lipinski definition) is 2. The third-order valence-corrected chi connectivity index (χ3v) is 4.25. The maximum atomic E-state index is 14.2. The van der Waals surface area contributed by atoms with Crippen molar-refractivity contribution in [3.05, 3.63) is 34.1 Å². The van der Waals surface area contributed by atoms with E-state index >= 15 is 0 Å². The lowest BCUT2D eigenvalue weighted by molar-refractivity contribution is -0.116. The molecule has 144 valence electrons. The predicted molar refractivity (Wildman–Crippen MR) is 99.9 cm³/mol. The van der Waals surface area contributed by atoms with E-state index in [9.17, 15) is 14.0 Å². The SMILES string of the molecule is COCC#CCOc1cc(NC(=O)C2=C(C(N)=O)CCCC2)c(F)cc1Cl. The number of carbonyl (C=O) groups excluding carboxylic acids is 2. The van der Waals surface area contributed by atoms with Crippen molar-refractivity contribution in [1.29, 1.82) is 0 Å². The number of carbonyl (C=O) groups is 2. The van der Waals surface area contributed by atoms with Crippen LogP contribution in [0.4, 0.5) is 10.1 Å².